The minimum absolute atomic E-state index is 0. The first-order valence-electron chi connectivity index (χ1n) is 8.05. The molecule has 3 rings (SSSR count). The van der Waals surface area contributed by atoms with Gasteiger partial charge in [-0.2, -0.15) is 0 Å². The zero-order chi connectivity index (χ0) is 15.4. The fourth-order valence-corrected chi connectivity index (χ4v) is 3.75. The minimum Gasteiger partial charge on any atom is -0.346 e. The molecule has 2 atom stereocenters. The van der Waals surface area contributed by atoms with E-state index in [0.717, 1.165) is 38.0 Å². The van der Waals surface area contributed by atoms with E-state index < -0.39 is 0 Å². The Balaban J connectivity index is 0.00000192. The Bertz CT molecular complexity index is 552. The van der Waals surface area contributed by atoms with Gasteiger partial charge in [-0.1, -0.05) is 31.0 Å². The molecule has 0 bridgehead atoms. The molecule has 2 fully saturated rings. The molecule has 2 amide bonds. The second-order valence-corrected chi connectivity index (χ2v) is 6.33. The van der Waals surface area contributed by atoms with E-state index in [-0.39, 0.29) is 36.2 Å². The lowest BCUT2D eigenvalue weighted by Crippen LogP contribution is -2.49. The van der Waals surface area contributed by atoms with Crippen molar-refractivity contribution >= 4 is 29.9 Å². The Morgan fingerprint density at radius 3 is 2.78 bits per heavy atom. The molecule has 1 saturated heterocycles. The van der Waals surface area contributed by atoms with Gasteiger partial charge in [-0.25, -0.2) is 0 Å². The van der Waals surface area contributed by atoms with E-state index in [2.05, 4.69) is 16.0 Å². The molecule has 1 aliphatic heterocycles. The number of nitrogens with one attached hydrogen (secondary N) is 3. The standard InChI is InChI=1S/C17H23N3O2.ClH/c21-15(20-14-7-2-1-3-8-14)11-19-16(22)17-9-5-4-6-13(17)10-18-12-17;/h1-3,7-8,13,18H,4-6,9-12H2,(H,19,22)(H,20,21);1H/t13-,17+;/m0./s1. The van der Waals surface area contributed by atoms with Gasteiger partial charge < -0.3 is 16.0 Å². The summed E-state index contributed by atoms with van der Waals surface area (Å²) in [6.45, 7) is 1.69. The SMILES string of the molecule is Cl.O=C(CNC(=O)[C@@]12CCCC[C@H]1CNC2)Nc1ccccc1. The Labute approximate surface area is 143 Å². The molecule has 126 valence electrons. The zero-order valence-corrected chi connectivity index (χ0v) is 14.0. The van der Waals surface area contributed by atoms with Gasteiger partial charge in [-0.15, -0.1) is 12.4 Å². The van der Waals surface area contributed by atoms with Gasteiger partial charge in [0.15, 0.2) is 0 Å². The van der Waals surface area contributed by atoms with Crippen LogP contribution in [-0.4, -0.2) is 31.4 Å². The largest absolute Gasteiger partial charge is 0.346 e. The van der Waals surface area contributed by atoms with Crippen molar-refractivity contribution in [2.45, 2.75) is 25.7 Å². The summed E-state index contributed by atoms with van der Waals surface area (Å²) in [5.74, 6) is 0.262. The number of halogens is 1. The summed E-state index contributed by atoms with van der Waals surface area (Å²) in [5.41, 5.74) is 0.448. The smallest absolute Gasteiger partial charge is 0.243 e. The van der Waals surface area contributed by atoms with Gasteiger partial charge in [0, 0.05) is 12.2 Å². The first-order valence-corrected chi connectivity index (χ1v) is 8.05. The van der Waals surface area contributed by atoms with E-state index >= 15 is 0 Å². The zero-order valence-electron chi connectivity index (χ0n) is 13.1. The summed E-state index contributed by atoms with van der Waals surface area (Å²) in [6, 6.07) is 9.29. The van der Waals surface area contributed by atoms with Crippen molar-refractivity contribution in [3.63, 3.8) is 0 Å². The van der Waals surface area contributed by atoms with Crippen LogP contribution < -0.4 is 16.0 Å². The molecule has 0 radical (unpaired) electrons. The highest BCUT2D eigenvalue weighted by Crippen LogP contribution is 2.43. The maximum Gasteiger partial charge on any atom is 0.243 e. The number of anilines is 1. The van der Waals surface area contributed by atoms with Crippen LogP contribution >= 0.6 is 12.4 Å². The number of carbonyl (C=O) groups is 2. The Morgan fingerprint density at radius 1 is 1.22 bits per heavy atom. The molecule has 23 heavy (non-hydrogen) atoms. The average Bonchev–Trinajstić information content (AvgIpc) is 2.99. The second kappa shape index (κ2) is 7.79. The number of carbonyl (C=O) groups excluding carboxylic acids is 2. The number of rotatable bonds is 4. The van der Waals surface area contributed by atoms with Crippen LogP contribution in [0.3, 0.4) is 0 Å². The Kier molecular flexibility index (Phi) is 6.02. The molecule has 1 aliphatic carbocycles. The molecule has 2 aliphatic rings. The van der Waals surface area contributed by atoms with Crippen LogP contribution in [0, 0.1) is 11.3 Å². The van der Waals surface area contributed by atoms with Crippen LogP contribution in [-0.2, 0) is 9.59 Å². The summed E-state index contributed by atoms with van der Waals surface area (Å²) in [5, 5.41) is 8.98. The molecule has 1 saturated carbocycles. The Hall–Kier alpha value is -1.59. The van der Waals surface area contributed by atoms with Crippen molar-refractivity contribution in [1.82, 2.24) is 10.6 Å². The minimum atomic E-state index is -0.300. The summed E-state index contributed by atoms with van der Waals surface area (Å²) >= 11 is 0. The first-order chi connectivity index (χ1) is 10.7. The Morgan fingerprint density at radius 2 is 2.00 bits per heavy atom. The molecule has 6 heteroatoms. The highest BCUT2D eigenvalue weighted by Gasteiger charge is 2.49. The fourth-order valence-electron chi connectivity index (χ4n) is 3.75. The molecule has 0 aromatic heterocycles. The van der Waals surface area contributed by atoms with Gasteiger partial charge in [0.1, 0.15) is 0 Å². The average molecular weight is 338 g/mol. The predicted molar refractivity (Wildman–Crippen MR) is 92.6 cm³/mol. The molecule has 1 heterocycles. The third-order valence-electron chi connectivity index (χ3n) is 4.96. The molecular weight excluding hydrogens is 314 g/mol. The maximum absolute atomic E-state index is 12.6. The quantitative estimate of drug-likeness (QED) is 0.786. The summed E-state index contributed by atoms with van der Waals surface area (Å²) < 4.78 is 0. The molecule has 1 aromatic carbocycles. The van der Waals surface area contributed by atoms with Gasteiger partial charge in [0.05, 0.1) is 12.0 Å². The van der Waals surface area contributed by atoms with Gasteiger partial charge >= 0.3 is 0 Å². The van der Waals surface area contributed by atoms with Crippen LogP contribution in [0.2, 0.25) is 0 Å². The number of para-hydroxylation sites is 1. The van der Waals surface area contributed by atoms with Crippen LogP contribution in [0.4, 0.5) is 5.69 Å². The van der Waals surface area contributed by atoms with Crippen molar-refractivity contribution in [2.75, 3.05) is 25.0 Å². The second-order valence-electron chi connectivity index (χ2n) is 6.33. The molecule has 0 spiro atoms. The van der Waals surface area contributed by atoms with Crippen molar-refractivity contribution in [2.24, 2.45) is 11.3 Å². The predicted octanol–water partition coefficient (Wildman–Crippen LogP) is 1.94. The van der Waals surface area contributed by atoms with E-state index in [4.69, 9.17) is 0 Å². The van der Waals surface area contributed by atoms with Gasteiger partial charge in [0.2, 0.25) is 11.8 Å². The van der Waals surface area contributed by atoms with Gasteiger partial charge in [0.25, 0.3) is 0 Å². The number of hydrogen-bond donors (Lipinski definition) is 3. The third kappa shape index (κ3) is 3.85. The number of hydrogen-bond acceptors (Lipinski definition) is 3. The van der Waals surface area contributed by atoms with Gasteiger partial charge in [-0.05, 0) is 37.4 Å². The van der Waals surface area contributed by atoms with E-state index in [1.807, 2.05) is 30.3 Å². The third-order valence-corrected chi connectivity index (χ3v) is 4.96. The molecule has 3 N–H and O–H groups in total. The van der Waals surface area contributed by atoms with E-state index in [0.29, 0.717) is 5.92 Å². The van der Waals surface area contributed by atoms with Crippen molar-refractivity contribution in [3.05, 3.63) is 30.3 Å². The highest BCUT2D eigenvalue weighted by atomic mass is 35.5. The van der Waals surface area contributed by atoms with E-state index in [1.54, 1.807) is 0 Å². The van der Waals surface area contributed by atoms with Gasteiger partial charge in [-0.3, -0.25) is 9.59 Å². The van der Waals surface area contributed by atoms with E-state index in [9.17, 15) is 9.59 Å². The number of fused-ring (bicyclic) bond motifs is 1. The molecular formula is C17H24ClN3O2. The van der Waals surface area contributed by atoms with Crippen LogP contribution in [0.5, 0.6) is 0 Å². The normalized spacial score (nSPS) is 25.8. The molecule has 0 unspecified atom stereocenters. The van der Waals surface area contributed by atoms with Crippen LogP contribution in [0.25, 0.3) is 0 Å². The first kappa shape index (κ1) is 17.8. The lowest BCUT2D eigenvalue weighted by Gasteiger charge is -2.37. The van der Waals surface area contributed by atoms with Crippen molar-refractivity contribution in [3.8, 4) is 0 Å². The fraction of sp³-hybridized carbons (Fsp3) is 0.529. The lowest BCUT2D eigenvalue weighted by molar-refractivity contribution is -0.135. The topological polar surface area (TPSA) is 70.2 Å². The molecule has 5 nitrogen and oxygen atoms in total. The monoisotopic (exact) mass is 337 g/mol. The number of benzene rings is 1. The summed E-state index contributed by atoms with van der Waals surface area (Å²) in [4.78, 5) is 24.6. The van der Waals surface area contributed by atoms with Crippen LogP contribution in [0.15, 0.2) is 30.3 Å². The highest BCUT2D eigenvalue weighted by molar-refractivity contribution is 5.95. The van der Waals surface area contributed by atoms with E-state index in [1.165, 1.54) is 6.42 Å². The summed E-state index contributed by atoms with van der Waals surface area (Å²) in [6.07, 6.45) is 4.34. The molecule has 1 aromatic rings. The summed E-state index contributed by atoms with van der Waals surface area (Å²) in [7, 11) is 0. The van der Waals surface area contributed by atoms with Crippen molar-refractivity contribution in [1.29, 1.82) is 0 Å². The lowest BCUT2D eigenvalue weighted by atomic mass is 9.67. The van der Waals surface area contributed by atoms with Crippen molar-refractivity contribution < 1.29 is 9.59 Å². The maximum atomic E-state index is 12.6. The van der Waals surface area contributed by atoms with Crippen LogP contribution in [0.1, 0.15) is 25.7 Å². The number of amides is 2.